The lowest BCUT2D eigenvalue weighted by atomic mass is 10.1. The number of aryl methyl sites for hydroxylation is 1. The van der Waals surface area contributed by atoms with Gasteiger partial charge >= 0.3 is 0 Å². The van der Waals surface area contributed by atoms with Crippen LogP contribution in [0, 0.1) is 6.92 Å². The van der Waals surface area contributed by atoms with Crippen molar-refractivity contribution >= 4 is 15.9 Å². The number of sulfonamides is 1. The molecule has 0 heterocycles. The Hall–Kier alpha value is -2.96. The third-order valence-corrected chi connectivity index (χ3v) is 5.43. The van der Waals surface area contributed by atoms with Gasteiger partial charge in [-0.3, -0.25) is 4.79 Å². The quantitative estimate of drug-likeness (QED) is 0.695. The van der Waals surface area contributed by atoms with Gasteiger partial charge in [0.1, 0.15) is 0 Å². The van der Waals surface area contributed by atoms with Crippen LogP contribution in [0.25, 0.3) is 0 Å². The number of amides is 1. The van der Waals surface area contributed by atoms with E-state index in [1.807, 2.05) is 61.5 Å². The first-order valence-corrected chi connectivity index (χ1v) is 10.4. The highest BCUT2D eigenvalue weighted by atomic mass is 32.2. The number of hydrogen-bond acceptors (Lipinski definition) is 3. The Morgan fingerprint density at radius 2 is 1.36 bits per heavy atom. The van der Waals surface area contributed by atoms with Crippen LogP contribution < -0.4 is 5.14 Å². The fraction of sp³-hybridized carbons (Fsp3) is 0.136. The number of carbonyl (C=O) groups is 1. The van der Waals surface area contributed by atoms with Crippen molar-refractivity contribution in [1.29, 1.82) is 0 Å². The summed E-state index contributed by atoms with van der Waals surface area (Å²) < 4.78 is 22.9. The Labute approximate surface area is 165 Å². The van der Waals surface area contributed by atoms with Gasteiger partial charge in [-0.1, -0.05) is 60.7 Å². The molecule has 1 amide bonds. The molecule has 2 N–H and O–H groups in total. The minimum Gasteiger partial charge on any atom is -0.330 e. The molecule has 0 spiro atoms. The van der Waals surface area contributed by atoms with Crippen molar-refractivity contribution in [2.24, 2.45) is 5.14 Å². The van der Waals surface area contributed by atoms with Gasteiger partial charge < -0.3 is 4.90 Å². The van der Waals surface area contributed by atoms with Gasteiger partial charge in [-0.05, 0) is 41.8 Å². The first-order chi connectivity index (χ1) is 13.3. The predicted octanol–water partition coefficient (Wildman–Crippen LogP) is 3.49. The van der Waals surface area contributed by atoms with Crippen LogP contribution in [0.2, 0.25) is 0 Å². The molecule has 0 bridgehead atoms. The molecule has 0 radical (unpaired) electrons. The Morgan fingerprint density at radius 1 is 0.821 bits per heavy atom. The Balaban J connectivity index is 1.90. The van der Waals surface area contributed by atoms with Crippen LogP contribution in [0.15, 0.2) is 83.8 Å². The van der Waals surface area contributed by atoms with E-state index < -0.39 is 10.0 Å². The Kier molecular flexibility index (Phi) is 5.92. The van der Waals surface area contributed by atoms with Crippen LogP contribution in [0.4, 0.5) is 0 Å². The molecule has 0 aliphatic carbocycles. The lowest BCUT2D eigenvalue weighted by Crippen LogP contribution is -2.30. The first kappa shape index (κ1) is 19.8. The van der Waals surface area contributed by atoms with Crippen molar-refractivity contribution < 1.29 is 13.2 Å². The number of carbonyl (C=O) groups excluding carboxylic acids is 1. The molecule has 5 nitrogen and oxygen atoms in total. The number of primary sulfonamides is 1. The summed E-state index contributed by atoms with van der Waals surface area (Å²) in [5.74, 6) is -0.0718. The van der Waals surface area contributed by atoms with Crippen LogP contribution in [0.3, 0.4) is 0 Å². The number of rotatable bonds is 6. The van der Waals surface area contributed by atoms with E-state index in [2.05, 4.69) is 0 Å². The van der Waals surface area contributed by atoms with Gasteiger partial charge in [0.25, 0.3) is 5.91 Å². The summed E-state index contributed by atoms with van der Waals surface area (Å²) in [5.41, 5.74) is 3.41. The lowest BCUT2D eigenvalue weighted by molar-refractivity contribution is 0.0729. The van der Waals surface area contributed by atoms with E-state index in [0.29, 0.717) is 18.7 Å². The standard InChI is InChI=1S/C22H22N2O3S/c1-17-7-5-6-10-21(17)22(25)24(15-18-8-3-2-4-9-18)16-19-11-13-20(14-12-19)28(23,26)27/h2-14H,15-16H2,1H3,(H2,23,26,27). The summed E-state index contributed by atoms with van der Waals surface area (Å²) in [6.45, 7) is 2.72. The summed E-state index contributed by atoms with van der Waals surface area (Å²) in [6.07, 6.45) is 0. The molecule has 0 aromatic heterocycles. The van der Waals surface area contributed by atoms with Crippen LogP contribution in [0.1, 0.15) is 27.0 Å². The molecule has 0 saturated heterocycles. The van der Waals surface area contributed by atoms with E-state index in [1.54, 1.807) is 17.0 Å². The molecule has 28 heavy (non-hydrogen) atoms. The maximum atomic E-state index is 13.2. The second-order valence-corrected chi connectivity index (χ2v) is 8.21. The van der Waals surface area contributed by atoms with E-state index >= 15 is 0 Å². The van der Waals surface area contributed by atoms with Gasteiger partial charge in [0, 0.05) is 18.7 Å². The van der Waals surface area contributed by atoms with Gasteiger partial charge in [0.05, 0.1) is 4.90 Å². The van der Waals surface area contributed by atoms with Crippen molar-refractivity contribution in [1.82, 2.24) is 4.90 Å². The van der Waals surface area contributed by atoms with Gasteiger partial charge in [-0.2, -0.15) is 0 Å². The zero-order chi connectivity index (χ0) is 20.1. The van der Waals surface area contributed by atoms with Crippen LogP contribution in [-0.2, 0) is 23.1 Å². The fourth-order valence-corrected chi connectivity index (χ4v) is 3.51. The molecule has 0 aliphatic rings. The molecular formula is C22H22N2O3S. The summed E-state index contributed by atoms with van der Waals surface area (Å²) in [5, 5.41) is 5.16. The molecule has 0 saturated carbocycles. The van der Waals surface area contributed by atoms with Gasteiger partial charge in [0.15, 0.2) is 0 Å². The molecule has 0 unspecified atom stereocenters. The Morgan fingerprint density at radius 3 is 1.93 bits per heavy atom. The zero-order valence-corrected chi connectivity index (χ0v) is 16.4. The van der Waals surface area contributed by atoms with Crippen molar-refractivity contribution in [3.05, 3.63) is 101 Å². The SMILES string of the molecule is Cc1ccccc1C(=O)N(Cc1ccccc1)Cc1ccc(S(N)(=O)=O)cc1. The second-order valence-electron chi connectivity index (χ2n) is 6.65. The third kappa shape index (κ3) is 4.85. The minimum atomic E-state index is -3.74. The normalized spacial score (nSPS) is 11.2. The van der Waals surface area contributed by atoms with Crippen molar-refractivity contribution in [3.63, 3.8) is 0 Å². The molecule has 6 heteroatoms. The Bertz CT molecular complexity index is 1060. The highest BCUT2D eigenvalue weighted by molar-refractivity contribution is 7.89. The predicted molar refractivity (Wildman–Crippen MR) is 109 cm³/mol. The zero-order valence-electron chi connectivity index (χ0n) is 15.6. The van der Waals surface area contributed by atoms with Gasteiger partial charge in [-0.15, -0.1) is 0 Å². The number of benzene rings is 3. The number of nitrogens with zero attached hydrogens (tertiary/aromatic N) is 1. The molecule has 0 aliphatic heterocycles. The first-order valence-electron chi connectivity index (χ1n) is 8.85. The molecule has 0 atom stereocenters. The number of hydrogen-bond donors (Lipinski definition) is 1. The largest absolute Gasteiger partial charge is 0.330 e. The van der Waals surface area contributed by atoms with Crippen molar-refractivity contribution in [3.8, 4) is 0 Å². The smallest absolute Gasteiger partial charge is 0.254 e. The maximum Gasteiger partial charge on any atom is 0.254 e. The average molecular weight is 394 g/mol. The monoisotopic (exact) mass is 394 g/mol. The highest BCUT2D eigenvalue weighted by Gasteiger charge is 2.18. The summed E-state index contributed by atoms with van der Waals surface area (Å²) in [4.78, 5) is 15.0. The molecule has 3 aromatic rings. The van der Waals surface area contributed by atoms with E-state index in [0.717, 1.165) is 16.7 Å². The maximum absolute atomic E-state index is 13.2. The van der Waals surface area contributed by atoms with Gasteiger partial charge in [0.2, 0.25) is 10.0 Å². The highest BCUT2D eigenvalue weighted by Crippen LogP contribution is 2.18. The topological polar surface area (TPSA) is 80.5 Å². The van der Waals surface area contributed by atoms with Crippen LogP contribution >= 0.6 is 0 Å². The molecule has 3 aromatic carbocycles. The fourth-order valence-electron chi connectivity index (χ4n) is 2.99. The van der Waals surface area contributed by atoms with E-state index in [9.17, 15) is 13.2 Å². The molecular weight excluding hydrogens is 372 g/mol. The van der Waals surface area contributed by atoms with E-state index in [4.69, 9.17) is 5.14 Å². The summed E-state index contributed by atoms with van der Waals surface area (Å²) >= 11 is 0. The lowest BCUT2D eigenvalue weighted by Gasteiger charge is -2.24. The van der Waals surface area contributed by atoms with E-state index in [-0.39, 0.29) is 10.8 Å². The minimum absolute atomic E-state index is 0.0519. The van der Waals surface area contributed by atoms with Crippen LogP contribution in [-0.4, -0.2) is 19.2 Å². The van der Waals surface area contributed by atoms with Gasteiger partial charge in [-0.25, -0.2) is 13.6 Å². The second kappa shape index (κ2) is 8.37. The summed E-state index contributed by atoms with van der Waals surface area (Å²) in [6, 6.07) is 23.5. The molecule has 0 fully saturated rings. The summed E-state index contributed by atoms with van der Waals surface area (Å²) in [7, 11) is -3.74. The average Bonchev–Trinajstić information content (AvgIpc) is 2.68. The number of nitrogens with two attached hydrogens (primary N) is 1. The van der Waals surface area contributed by atoms with Crippen molar-refractivity contribution in [2.45, 2.75) is 24.9 Å². The third-order valence-electron chi connectivity index (χ3n) is 4.50. The van der Waals surface area contributed by atoms with Crippen molar-refractivity contribution in [2.75, 3.05) is 0 Å². The molecule has 144 valence electrons. The van der Waals surface area contributed by atoms with Crippen LogP contribution in [0.5, 0.6) is 0 Å². The van der Waals surface area contributed by atoms with E-state index in [1.165, 1.54) is 12.1 Å². The molecule has 3 rings (SSSR count).